The minimum atomic E-state index is -1.08. The normalized spacial score (nSPS) is 16.5. The number of carbonyl (C=O) groups is 4. The number of imidazole rings is 1. The van der Waals surface area contributed by atoms with E-state index in [0.717, 1.165) is 22.4 Å². The number of aryl methyl sites for hydroxylation is 3. The van der Waals surface area contributed by atoms with Gasteiger partial charge in [0.1, 0.15) is 23.9 Å². The lowest BCUT2D eigenvalue weighted by Gasteiger charge is -2.35. The highest BCUT2D eigenvalue weighted by Crippen LogP contribution is 2.37. The minimum Gasteiger partial charge on any atom is -0.461 e. The summed E-state index contributed by atoms with van der Waals surface area (Å²) in [5.74, 6) is -1.75. The number of anilines is 2. The fourth-order valence-electron chi connectivity index (χ4n) is 6.17. The zero-order valence-corrected chi connectivity index (χ0v) is 30.4. The van der Waals surface area contributed by atoms with Gasteiger partial charge in [0, 0.05) is 31.3 Å². The number of carbonyl (C=O) groups excluding carboxylic acids is 4. The van der Waals surface area contributed by atoms with Gasteiger partial charge in [0.2, 0.25) is 17.7 Å². The molecule has 3 N–H and O–H groups in total. The topological polar surface area (TPSA) is 175 Å². The molecule has 3 atom stereocenters. The summed E-state index contributed by atoms with van der Waals surface area (Å²) in [4.78, 5) is 63.2. The lowest BCUT2D eigenvalue weighted by molar-refractivity contribution is -0.147. The maximum Gasteiger partial charge on any atom is 0.302 e. The first-order chi connectivity index (χ1) is 24.0. The summed E-state index contributed by atoms with van der Waals surface area (Å²) in [6, 6.07) is 9.05. The molecule has 3 heterocycles. The van der Waals surface area contributed by atoms with E-state index in [4.69, 9.17) is 31.4 Å². The van der Waals surface area contributed by atoms with Crippen LogP contribution in [0.25, 0.3) is 16.8 Å². The van der Waals surface area contributed by atoms with Crippen molar-refractivity contribution in [2.45, 2.75) is 73.1 Å². The van der Waals surface area contributed by atoms with E-state index in [1.807, 2.05) is 45.0 Å². The smallest absolute Gasteiger partial charge is 0.302 e. The Kier molecular flexibility index (Phi) is 10.9. The largest absolute Gasteiger partial charge is 0.461 e. The molecule has 1 fully saturated rings. The van der Waals surface area contributed by atoms with Gasteiger partial charge in [-0.15, -0.1) is 0 Å². The van der Waals surface area contributed by atoms with E-state index >= 15 is 0 Å². The first kappa shape index (κ1) is 37.1. The molecule has 1 aliphatic rings. The molecule has 0 bridgehead atoms. The van der Waals surface area contributed by atoms with Gasteiger partial charge in [0.25, 0.3) is 0 Å². The average Bonchev–Trinajstić information content (AvgIpc) is 3.81. The number of hydrogen-bond donors (Lipinski definition) is 2. The van der Waals surface area contributed by atoms with Gasteiger partial charge >= 0.3 is 5.97 Å². The number of likely N-dealkylation sites (tertiary alicyclic amines) is 1. The van der Waals surface area contributed by atoms with Gasteiger partial charge in [0.05, 0.1) is 40.7 Å². The van der Waals surface area contributed by atoms with Crippen LogP contribution >= 0.6 is 11.6 Å². The van der Waals surface area contributed by atoms with Crippen molar-refractivity contribution < 1.29 is 33.3 Å². The van der Waals surface area contributed by atoms with E-state index in [0.29, 0.717) is 27.8 Å². The highest BCUT2D eigenvalue weighted by atomic mass is 35.5. The van der Waals surface area contributed by atoms with Gasteiger partial charge in [-0.25, -0.2) is 10.0 Å². The summed E-state index contributed by atoms with van der Waals surface area (Å²) < 4.78 is 12.5. The molecule has 1 saturated heterocycles. The number of hydrogen-bond acceptors (Lipinski definition) is 10. The molecule has 51 heavy (non-hydrogen) atoms. The quantitative estimate of drug-likeness (QED) is 0.163. The van der Waals surface area contributed by atoms with Crippen LogP contribution < -0.4 is 16.1 Å². The van der Waals surface area contributed by atoms with E-state index in [1.54, 1.807) is 56.2 Å². The van der Waals surface area contributed by atoms with Crippen molar-refractivity contribution in [1.82, 2.24) is 24.9 Å². The number of amides is 3. The summed E-state index contributed by atoms with van der Waals surface area (Å²) in [6.45, 7) is 11.7. The first-order valence-corrected chi connectivity index (χ1v) is 16.7. The van der Waals surface area contributed by atoms with Gasteiger partial charge in [-0.1, -0.05) is 49.7 Å². The number of halogens is 1. The molecule has 0 aliphatic carbocycles. The van der Waals surface area contributed by atoms with Crippen LogP contribution in [0.3, 0.4) is 0 Å². The van der Waals surface area contributed by atoms with Crippen LogP contribution in [0.1, 0.15) is 51.1 Å². The van der Waals surface area contributed by atoms with E-state index in [9.17, 15) is 19.2 Å². The van der Waals surface area contributed by atoms with Gasteiger partial charge < -0.3 is 29.8 Å². The second-order valence-electron chi connectivity index (χ2n) is 13.6. The number of rotatable bonds is 11. The van der Waals surface area contributed by atoms with Crippen LogP contribution in [-0.4, -0.2) is 74.6 Å². The van der Waals surface area contributed by atoms with Gasteiger partial charge in [-0.3, -0.25) is 24.0 Å². The number of benzene rings is 2. The maximum absolute atomic E-state index is 13.9. The Labute approximate surface area is 300 Å². The lowest BCUT2D eigenvalue weighted by atomic mass is 9.85. The van der Waals surface area contributed by atoms with Gasteiger partial charge in [0.15, 0.2) is 6.61 Å². The van der Waals surface area contributed by atoms with Crippen molar-refractivity contribution >= 4 is 46.7 Å². The molecule has 0 saturated carbocycles. The molecule has 1 aliphatic heterocycles. The zero-order valence-electron chi connectivity index (χ0n) is 29.6. The van der Waals surface area contributed by atoms with E-state index < -0.39 is 53.9 Å². The number of aromatic nitrogens is 3. The molecule has 270 valence electrons. The Morgan fingerprint density at radius 2 is 1.88 bits per heavy atom. The van der Waals surface area contributed by atoms with Gasteiger partial charge in [-0.05, 0) is 61.6 Å². The average molecular weight is 720 g/mol. The molecule has 5 rings (SSSR count). The Bertz CT molecular complexity index is 1920. The molecule has 0 unspecified atom stereocenters. The van der Waals surface area contributed by atoms with Crippen LogP contribution in [-0.2, 0) is 28.8 Å². The van der Waals surface area contributed by atoms with Crippen LogP contribution in [0, 0.1) is 26.2 Å². The number of ether oxygens (including phenoxy) is 1. The summed E-state index contributed by atoms with van der Waals surface area (Å²) in [5.41, 5.74) is 9.88. The zero-order chi connectivity index (χ0) is 37.2. The number of nitrogens with two attached hydrogens (primary N) is 1. The number of esters is 1. The minimum absolute atomic E-state index is 0.0324. The molecular formula is C36H42ClN7O7. The maximum atomic E-state index is 13.9. The summed E-state index contributed by atoms with van der Waals surface area (Å²) in [6.07, 6.45) is 4.42. The highest BCUT2D eigenvalue weighted by molar-refractivity contribution is 6.32. The molecule has 2 aromatic heterocycles. The lowest BCUT2D eigenvalue weighted by Crippen LogP contribution is -2.58. The Morgan fingerprint density at radius 1 is 1.14 bits per heavy atom. The van der Waals surface area contributed by atoms with Crippen molar-refractivity contribution in [3.8, 4) is 16.8 Å². The van der Waals surface area contributed by atoms with Crippen molar-refractivity contribution in [1.29, 1.82) is 0 Å². The predicted molar refractivity (Wildman–Crippen MR) is 189 cm³/mol. The molecular weight excluding hydrogens is 678 g/mol. The Balaban J connectivity index is 1.44. The SMILES string of the molecule is CC(=O)O[C@@H]1C[C@@H](C(N)=O)N(C(=O)[C@@H](NC(=O)CON(c2ccc(-n3ccnc3)c(Cl)c2)c2cc(-c3c(C)noc3C)ccc2C)C(C)(C)C)C1. The fourth-order valence-corrected chi connectivity index (χ4v) is 6.44. The van der Waals surface area contributed by atoms with Crippen LogP contribution in [0.4, 0.5) is 11.4 Å². The first-order valence-electron chi connectivity index (χ1n) is 16.4. The third-order valence-electron chi connectivity index (χ3n) is 8.65. The van der Waals surface area contributed by atoms with Crippen LogP contribution in [0.5, 0.6) is 0 Å². The van der Waals surface area contributed by atoms with Crippen molar-refractivity contribution in [3.63, 3.8) is 0 Å². The Morgan fingerprint density at radius 3 is 2.47 bits per heavy atom. The second kappa shape index (κ2) is 15.0. The van der Waals surface area contributed by atoms with E-state index in [2.05, 4.69) is 15.5 Å². The van der Waals surface area contributed by atoms with E-state index in [-0.39, 0.29) is 13.0 Å². The van der Waals surface area contributed by atoms with Crippen molar-refractivity contribution in [3.05, 3.63) is 77.2 Å². The molecule has 0 spiro atoms. The van der Waals surface area contributed by atoms with Crippen molar-refractivity contribution in [2.75, 3.05) is 18.2 Å². The highest BCUT2D eigenvalue weighted by Gasteiger charge is 2.45. The van der Waals surface area contributed by atoms with Crippen molar-refractivity contribution in [2.24, 2.45) is 11.1 Å². The summed E-state index contributed by atoms with van der Waals surface area (Å²) >= 11 is 6.76. The summed E-state index contributed by atoms with van der Waals surface area (Å²) in [5, 5.41) is 8.83. The molecule has 3 amide bonds. The standard InChI is InChI=1S/C36H42ClN7O7/c1-20-8-9-24(32-21(2)41-51-22(32)3)14-29(20)44(25-10-11-28(27(37)15-25)42-13-12-39-19-42)49-18-31(46)40-33(36(5,6)7)35(48)43-17-26(50-23(4)45)16-30(43)34(38)47/h8-15,19,26,30,33H,16-18H2,1-7H3,(H2,38,47)(H,40,46)/t26-,30+,33-/m1/s1. The third-order valence-corrected chi connectivity index (χ3v) is 8.95. The number of nitrogens with one attached hydrogen (secondary N) is 1. The summed E-state index contributed by atoms with van der Waals surface area (Å²) in [7, 11) is 0. The Hall–Kier alpha value is -5.21. The molecule has 4 aromatic rings. The fraction of sp³-hybridized carbons (Fsp3) is 0.389. The molecule has 14 nitrogen and oxygen atoms in total. The molecule has 2 aromatic carbocycles. The van der Waals surface area contributed by atoms with Gasteiger partial charge in [-0.2, -0.15) is 0 Å². The monoisotopic (exact) mass is 719 g/mol. The second-order valence-corrected chi connectivity index (χ2v) is 14.0. The molecule has 0 radical (unpaired) electrons. The molecule has 15 heteroatoms. The predicted octanol–water partition coefficient (Wildman–Crippen LogP) is 4.72. The number of nitrogens with zero attached hydrogens (tertiary/aromatic N) is 5. The van der Waals surface area contributed by atoms with E-state index in [1.165, 1.54) is 16.9 Å². The van der Waals surface area contributed by atoms with Crippen LogP contribution in [0.2, 0.25) is 5.02 Å². The third kappa shape index (κ3) is 8.24. The number of primary amides is 1. The van der Waals surface area contributed by atoms with Crippen LogP contribution in [0.15, 0.2) is 59.6 Å².